The number of benzene rings is 7. The first kappa shape index (κ1) is 40.1. The first-order valence-electron chi connectivity index (χ1n) is 22.1. The van der Waals surface area contributed by atoms with Gasteiger partial charge in [-0.15, -0.1) is 11.3 Å². The maximum Gasteiger partial charge on any atom is 0.264 e. The molecular formula is C57H56BN3S. The third-order valence-corrected chi connectivity index (χ3v) is 14.2. The monoisotopic (exact) mass is 825 g/mol. The lowest BCUT2D eigenvalue weighted by atomic mass is 9.36. The summed E-state index contributed by atoms with van der Waals surface area (Å²) in [6.07, 6.45) is 0. The molecule has 62 heavy (non-hydrogen) atoms. The predicted molar refractivity (Wildman–Crippen MR) is 271 cm³/mol. The van der Waals surface area contributed by atoms with Crippen LogP contribution in [0.1, 0.15) is 84.6 Å². The first-order chi connectivity index (χ1) is 29.6. The third kappa shape index (κ3) is 6.73. The fraction of sp³-hybridized carbons (Fsp3) is 0.228. The van der Waals surface area contributed by atoms with Crippen molar-refractivity contribution in [3.63, 3.8) is 0 Å². The number of para-hydroxylation sites is 2. The number of fused-ring (bicyclic) bond motifs is 6. The molecule has 0 radical (unpaired) electrons. The van der Waals surface area contributed by atoms with E-state index in [2.05, 4.69) is 242 Å². The van der Waals surface area contributed by atoms with Gasteiger partial charge in [-0.1, -0.05) is 135 Å². The second-order valence-electron chi connectivity index (χ2n) is 20.4. The van der Waals surface area contributed by atoms with Crippen molar-refractivity contribution in [3.05, 3.63) is 180 Å². The summed E-state index contributed by atoms with van der Waals surface area (Å²) >= 11 is 1.97. The highest BCUT2D eigenvalue weighted by Crippen LogP contribution is 2.50. The van der Waals surface area contributed by atoms with Gasteiger partial charge in [0.1, 0.15) is 0 Å². The minimum absolute atomic E-state index is 0.0127. The van der Waals surface area contributed by atoms with E-state index in [4.69, 9.17) is 0 Å². The number of rotatable bonds is 5. The number of nitrogens with zero attached hydrogens (tertiary/aromatic N) is 3. The van der Waals surface area contributed by atoms with Gasteiger partial charge in [0.05, 0.1) is 5.69 Å². The topological polar surface area (TPSA) is 9.72 Å². The smallest absolute Gasteiger partial charge is 0.264 e. The molecule has 0 aliphatic carbocycles. The van der Waals surface area contributed by atoms with Crippen LogP contribution in [0.3, 0.4) is 0 Å². The van der Waals surface area contributed by atoms with Crippen molar-refractivity contribution in [2.75, 3.05) is 14.7 Å². The second-order valence-corrected chi connectivity index (χ2v) is 21.5. The van der Waals surface area contributed by atoms with Crippen LogP contribution in [-0.2, 0) is 16.2 Å². The van der Waals surface area contributed by atoms with E-state index in [-0.39, 0.29) is 23.0 Å². The standard InChI is InChI=1S/C57H56BN3S/c1-37-33-49-52-50(34-37)61(44-28-23-39(24-29-44)56(5,6)7)53-46-35-40(57(8,9)10)25-32-51(46)62-54(53)58(52)47-31-30-45(59(41-17-13-11-14-18-41)42-19-15-12-16-20-42)36-48(47)60(49)43-26-21-38(22-27-43)55(2,3)4/h11-36H,1-10H3. The summed E-state index contributed by atoms with van der Waals surface area (Å²) in [4.78, 5) is 7.54. The zero-order valence-electron chi connectivity index (χ0n) is 37.8. The van der Waals surface area contributed by atoms with Gasteiger partial charge in [0, 0.05) is 60.4 Å². The van der Waals surface area contributed by atoms with E-state index in [0.29, 0.717) is 0 Å². The Bertz CT molecular complexity index is 2930. The van der Waals surface area contributed by atoms with Crippen LogP contribution in [0.25, 0.3) is 10.1 Å². The molecule has 8 aromatic rings. The molecule has 1 aromatic heterocycles. The van der Waals surface area contributed by atoms with E-state index in [1.54, 1.807) is 0 Å². The summed E-state index contributed by atoms with van der Waals surface area (Å²) in [5, 5.41) is 1.32. The lowest BCUT2D eigenvalue weighted by Gasteiger charge is -2.44. The number of thiophene rings is 1. The SMILES string of the molecule is Cc1cc2c3c(c1)N(c1ccc(C(C)(C)C)cc1)c1c(sc4ccc(C(C)(C)C)cc14)B3c1ccc(N(c3ccccc3)c3ccccc3)cc1N2c1ccc(C(C)(C)C)cc1. The van der Waals surface area contributed by atoms with Gasteiger partial charge in [0.25, 0.3) is 6.71 Å². The van der Waals surface area contributed by atoms with E-state index in [9.17, 15) is 0 Å². The van der Waals surface area contributed by atoms with Crippen LogP contribution >= 0.6 is 11.3 Å². The number of aryl methyl sites for hydroxylation is 1. The van der Waals surface area contributed by atoms with Gasteiger partial charge in [0.15, 0.2) is 0 Å². The van der Waals surface area contributed by atoms with Crippen LogP contribution in [0.4, 0.5) is 51.2 Å². The quantitative estimate of drug-likeness (QED) is 0.160. The van der Waals surface area contributed by atoms with Crippen molar-refractivity contribution in [2.45, 2.75) is 85.5 Å². The van der Waals surface area contributed by atoms with E-state index in [0.717, 1.165) is 22.7 Å². The Morgan fingerprint density at radius 3 is 1.50 bits per heavy atom. The molecule has 0 atom stereocenters. The van der Waals surface area contributed by atoms with Crippen LogP contribution in [0.2, 0.25) is 0 Å². The molecule has 0 spiro atoms. The number of hydrogen-bond acceptors (Lipinski definition) is 4. The minimum Gasteiger partial charge on any atom is -0.311 e. The molecule has 0 saturated heterocycles. The zero-order chi connectivity index (χ0) is 43.3. The lowest BCUT2D eigenvalue weighted by molar-refractivity contribution is 0.590. The maximum absolute atomic E-state index is 2.60. The normalized spacial score (nSPS) is 13.5. The summed E-state index contributed by atoms with van der Waals surface area (Å²) in [7, 11) is 0. The van der Waals surface area contributed by atoms with Crippen LogP contribution < -0.4 is 30.4 Å². The average Bonchev–Trinajstić information content (AvgIpc) is 3.62. The van der Waals surface area contributed by atoms with Crippen molar-refractivity contribution < 1.29 is 0 Å². The van der Waals surface area contributed by atoms with Gasteiger partial charge in [-0.3, -0.25) is 0 Å². The predicted octanol–water partition coefficient (Wildman–Crippen LogP) is 14.7. The summed E-state index contributed by atoms with van der Waals surface area (Å²) in [6.45, 7) is 23.1. The summed E-state index contributed by atoms with van der Waals surface area (Å²) in [6, 6.07) is 59.6. The highest BCUT2D eigenvalue weighted by Gasteiger charge is 2.45. The lowest BCUT2D eigenvalue weighted by Crippen LogP contribution is -2.60. The van der Waals surface area contributed by atoms with Gasteiger partial charge >= 0.3 is 0 Å². The summed E-state index contributed by atoms with van der Waals surface area (Å²) < 4.78 is 2.71. The maximum atomic E-state index is 2.60. The number of hydrogen-bond donors (Lipinski definition) is 0. The fourth-order valence-electron chi connectivity index (χ4n) is 9.58. The molecule has 0 N–H and O–H groups in total. The van der Waals surface area contributed by atoms with E-state index in [1.165, 1.54) is 76.5 Å². The van der Waals surface area contributed by atoms with E-state index < -0.39 is 0 Å². The Hall–Kier alpha value is -6.04. The Balaban J connectivity index is 1.28. The molecule has 0 fully saturated rings. The molecule has 2 aliphatic rings. The molecule has 0 unspecified atom stereocenters. The van der Waals surface area contributed by atoms with Gasteiger partial charge in [-0.05, 0) is 141 Å². The average molecular weight is 826 g/mol. The molecule has 3 nitrogen and oxygen atoms in total. The summed E-state index contributed by atoms with van der Waals surface area (Å²) in [5.41, 5.74) is 18.8. The minimum atomic E-state index is 0.0127. The fourth-order valence-corrected chi connectivity index (χ4v) is 10.9. The van der Waals surface area contributed by atoms with Gasteiger partial charge in [-0.25, -0.2) is 0 Å². The zero-order valence-corrected chi connectivity index (χ0v) is 38.7. The molecule has 0 saturated carbocycles. The van der Waals surface area contributed by atoms with Crippen LogP contribution in [0.5, 0.6) is 0 Å². The highest BCUT2D eigenvalue weighted by molar-refractivity contribution is 7.33. The molecule has 7 aromatic carbocycles. The second kappa shape index (κ2) is 14.5. The van der Waals surface area contributed by atoms with Crippen molar-refractivity contribution >= 4 is 95.0 Å². The first-order valence-corrected chi connectivity index (χ1v) is 22.9. The molecule has 5 heteroatoms. The Kier molecular flexibility index (Phi) is 9.39. The number of anilines is 9. The molecule has 308 valence electrons. The van der Waals surface area contributed by atoms with Crippen molar-refractivity contribution in [1.29, 1.82) is 0 Å². The van der Waals surface area contributed by atoms with Gasteiger partial charge < -0.3 is 14.7 Å². The van der Waals surface area contributed by atoms with E-state index >= 15 is 0 Å². The third-order valence-electron chi connectivity index (χ3n) is 12.9. The Morgan fingerprint density at radius 1 is 0.468 bits per heavy atom. The van der Waals surface area contributed by atoms with Crippen LogP contribution in [-0.4, -0.2) is 6.71 Å². The molecule has 2 aliphatic heterocycles. The molecule has 10 rings (SSSR count). The van der Waals surface area contributed by atoms with Crippen molar-refractivity contribution in [1.82, 2.24) is 0 Å². The van der Waals surface area contributed by atoms with Gasteiger partial charge in [0.2, 0.25) is 0 Å². The Morgan fingerprint density at radius 2 is 0.968 bits per heavy atom. The van der Waals surface area contributed by atoms with Gasteiger partial charge in [-0.2, -0.15) is 0 Å². The summed E-state index contributed by atoms with van der Waals surface area (Å²) in [5.74, 6) is 0. The Labute approximate surface area is 373 Å². The van der Waals surface area contributed by atoms with E-state index in [1.807, 2.05) is 11.3 Å². The molecular weight excluding hydrogens is 770 g/mol. The van der Waals surface area contributed by atoms with Crippen LogP contribution in [0, 0.1) is 6.92 Å². The largest absolute Gasteiger partial charge is 0.311 e. The molecule has 3 heterocycles. The van der Waals surface area contributed by atoms with Crippen molar-refractivity contribution in [3.8, 4) is 0 Å². The van der Waals surface area contributed by atoms with Crippen molar-refractivity contribution in [2.24, 2.45) is 0 Å². The molecule has 0 bridgehead atoms. The molecule has 0 amide bonds. The van der Waals surface area contributed by atoms with Crippen LogP contribution in [0.15, 0.2) is 158 Å². The highest BCUT2D eigenvalue weighted by atomic mass is 32.1.